The molecule has 32 heavy (non-hydrogen) atoms. The van der Waals surface area contributed by atoms with Crippen LogP contribution in [0.3, 0.4) is 0 Å². The van der Waals surface area contributed by atoms with Crippen molar-refractivity contribution in [2.24, 2.45) is 0 Å². The van der Waals surface area contributed by atoms with Crippen molar-refractivity contribution in [3.05, 3.63) is 87.9 Å². The number of thiophene rings is 1. The Morgan fingerprint density at radius 1 is 1.09 bits per heavy atom. The van der Waals surface area contributed by atoms with Gasteiger partial charge in [-0.1, -0.05) is 54.8 Å². The minimum atomic E-state index is -0.884. The normalized spacial score (nSPS) is 14.8. The number of carbonyl (C=O) groups excluding carboxylic acids is 2. The lowest BCUT2D eigenvalue weighted by molar-refractivity contribution is -0.127. The highest BCUT2D eigenvalue weighted by Crippen LogP contribution is 2.31. The zero-order valence-electron chi connectivity index (χ0n) is 18.1. The average Bonchev–Trinajstić information content (AvgIpc) is 3.47. The van der Waals surface area contributed by atoms with Crippen molar-refractivity contribution in [2.45, 2.75) is 51.1 Å². The Labute approximate surface area is 192 Å². The van der Waals surface area contributed by atoms with Gasteiger partial charge in [-0.15, -0.1) is 11.3 Å². The predicted octanol–water partition coefficient (Wildman–Crippen LogP) is 5.57. The number of benzene rings is 2. The van der Waals surface area contributed by atoms with Gasteiger partial charge in [-0.05, 0) is 55.0 Å². The maximum absolute atomic E-state index is 14.2. The molecule has 0 saturated heterocycles. The number of aryl methyl sites for hydroxylation is 1. The first-order chi connectivity index (χ1) is 15.5. The van der Waals surface area contributed by atoms with Crippen LogP contribution in [0.25, 0.3) is 0 Å². The minimum absolute atomic E-state index is 0.109. The molecule has 1 saturated carbocycles. The highest BCUT2D eigenvalue weighted by atomic mass is 32.1. The lowest BCUT2D eigenvalue weighted by Gasteiger charge is -2.32. The highest BCUT2D eigenvalue weighted by Gasteiger charge is 2.34. The third kappa shape index (κ3) is 5.25. The molecular formula is C26H27FN2O2S. The van der Waals surface area contributed by atoms with Crippen molar-refractivity contribution in [1.29, 1.82) is 0 Å². The van der Waals surface area contributed by atoms with Crippen LogP contribution in [0.15, 0.2) is 66.0 Å². The summed E-state index contributed by atoms with van der Waals surface area (Å²) in [6.07, 6.45) is 4.20. The molecule has 0 bridgehead atoms. The van der Waals surface area contributed by atoms with Crippen LogP contribution in [0.5, 0.6) is 0 Å². The molecule has 2 aromatic carbocycles. The van der Waals surface area contributed by atoms with Gasteiger partial charge in [0, 0.05) is 16.6 Å². The molecule has 1 aromatic heterocycles. The first kappa shape index (κ1) is 22.2. The molecule has 1 fully saturated rings. The summed E-state index contributed by atoms with van der Waals surface area (Å²) >= 11 is 1.49. The van der Waals surface area contributed by atoms with E-state index in [-0.39, 0.29) is 24.3 Å². The van der Waals surface area contributed by atoms with E-state index in [9.17, 15) is 14.0 Å². The average molecular weight is 451 g/mol. The zero-order valence-corrected chi connectivity index (χ0v) is 18.9. The van der Waals surface area contributed by atoms with Crippen LogP contribution in [0.4, 0.5) is 10.1 Å². The van der Waals surface area contributed by atoms with Crippen LogP contribution < -0.4 is 10.2 Å². The van der Waals surface area contributed by atoms with Crippen LogP contribution in [0, 0.1) is 12.7 Å². The summed E-state index contributed by atoms with van der Waals surface area (Å²) in [7, 11) is 0. The van der Waals surface area contributed by atoms with Gasteiger partial charge >= 0.3 is 0 Å². The van der Waals surface area contributed by atoms with Crippen LogP contribution in [0.1, 0.15) is 47.7 Å². The quantitative estimate of drug-likeness (QED) is 0.511. The number of anilines is 1. The summed E-state index contributed by atoms with van der Waals surface area (Å²) < 4.78 is 14.2. The van der Waals surface area contributed by atoms with Gasteiger partial charge in [0.05, 0.1) is 6.42 Å². The van der Waals surface area contributed by atoms with E-state index in [1.165, 1.54) is 28.4 Å². The molecule has 2 amide bonds. The Morgan fingerprint density at radius 2 is 1.84 bits per heavy atom. The number of carbonyl (C=O) groups is 2. The van der Waals surface area contributed by atoms with E-state index in [1.54, 1.807) is 12.1 Å². The fourth-order valence-corrected chi connectivity index (χ4v) is 4.92. The molecule has 0 aliphatic heterocycles. The van der Waals surface area contributed by atoms with E-state index >= 15 is 0 Å². The summed E-state index contributed by atoms with van der Waals surface area (Å²) in [5, 5.41) is 5.06. The fourth-order valence-electron chi connectivity index (χ4n) is 4.23. The van der Waals surface area contributed by atoms with Gasteiger partial charge in [-0.2, -0.15) is 0 Å². The number of halogens is 1. The first-order valence-corrected chi connectivity index (χ1v) is 11.9. The van der Waals surface area contributed by atoms with Crippen LogP contribution in [-0.4, -0.2) is 17.9 Å². The Kier molecular flexibility index (Phi) is 7.00. The number of hydrogen-bond acceptors (Lipinski definition) is 3. The number of rotatable bonds is 7. The molecule has 1 aliphatic rings. The Bertz CT molecular complexity index is 1060. The minimum Gasteiger partial charge on any atom is -0.351 e. The van der Waals surface area contributed by atoms with Gasteiger partial charge in [0.1, 0.15) is 11.9 Å². The summed E-state index contributed by atoms with van der Waals surface area (Å²) in [5.41, 5.74) is 2.14. The molecule has 1 atom stereocenters. The summed E-state index contributed by atoms with van der Waals surface area (Å²) in [5.74, 6) is -0.926. The SMILES string of the molecule is Cc1ccc([C@@H](C(=O)NC2CCCC2)N(C(=O)Cc2cccs2)c2cccc(F)c2)cc1. The van der Waals surface area contributed by atoms with Crippen molar-refractivity contribution >= 4 is 28.8 Å². The smallest absolute Gasteiger partial charge is 0.248 e. The second-order valence-electron chi connectivity index (χ2n) is 8.30. The second-order valence-corrected chi connectivity index (χ2v) is 9.34. The van der Waals surface area contributed by atoms with Crippen molar-refractivity contribution in [3.8, 4) is 0 Å². The zero-order chi connectivity index (χ0) is 22.5. The monoisotopic (exact) mass is 450 g/mol. The van der Waals surface area contributed by atoms with Gasteiger partial charge in [0.25, 0.3) is 0 Å². The molecular weight excluding hydrogens is 423 g/mol. The Hall–Kier alpha value is -2.99. The molecule has 6 heteroatoms. The number of amides is 2. The highest BCUT2D eigenvalue weighted by molar-refractivity contribution is 7.10. The molecule has 1 aliphatic carbocycles. The Morgan fingerprint density at radius 3 is 2.50 bits per heavy atom. The van der Waals surface area contributed by atoms with Crippen molar-refractivity contribution in [1.82, 2.24) is 5.32 Å². The molecule has 0 spiro atoms. The standard InChI is InChI=1S/C26H27FN2O2S/c1-18-11-13-19(14-12-18)25(26(31)28-21-7-2-3-8-21)29(22-9-4-6-20(27)16-22)24(30)17-23-10-5-15-32-23/h4-6,9-16,21,25H,2-3,7-8,17H2,1H3,(H,28,31)/t25-/m0/s1. The first-order valence-electron chi connectivity index (χ1n) is 11.0. The topological polar surface area (TPSA) is 49.4 Å². The molecule has 1 N–H and O–H groups in total. The molecule has 166 valence electrons. The maximum atomic E-state index is 14.2. The summed E-state index contributed by atoms with van der Waals surface area (Å²) in [6, 6.07) is 16.5. The summed E-state index contributed by atoms with van der Waals surface area (Å²) in [6.45, 7) is 1.98. The molecule has 4 rings (SSSR count). The maximum Gasteiger partial charge on any atom is 0.248 e. The van der Waals surface area contributed by atoms with E-state index in [0.29, 0.717) is 11.3 Å². The van der Waals surface area contributed by atoms with Crippen molar-refractivity contribution in [3.63, 3.8) is 0 Å². The predicted molar refractivity (Wildman–Crippen MR) is 126 cm³/mol. The number of hydrogen-bond donors (Lipinski definition) is 1. The molecule has 3 aromatic rings. The molecule has 4 nitrogen and oxygen atoms in total. The van der Waals surface area contributed by atoms with E-state index in [1.807, 2.05) is 48.7 Å². The number of nitrogens with one attached hydrogen (secondary N) is 1. The van der Waals surface area contributed by atoms with Gasteiger partial charge < -0.3 is 5.32 Å². The van der Waals surface area contributed by atoms with Crippen molar-refractivity contribution < 1.29 is 14.0 Å². The van der Waals surface area contributed by atoms with Gasteiger partial charge in [-0.3, -0.25) is 14.5 Å². The lowest BCUT2D eigenvalue weighted by atomic mass is 10.0. The molecule has 0 radical (unpaired) electrons. The van der Waals surface area contributed by atoms with Crippen LogP contribution >= 0.6 is 11.3 Å². The van der Waals surface area contributed by atoms with Gasteiger partial charge in [-0.25, -0.2) is 4.39 Å². The Balaban J connectivity index is 1.76. The third-order valence-corrected chi connectivity index (χ3v) is 6.74. The third-order valence-electron chi connectivity index (χ3n) is 5.86. The number of nitrogens with zero attached hydrogens (tertiary/aromatic N) is 1. The van der Waals surface area contributed by atoms with E-state index in [0.717, 1.165) is 36.1 Å². The van der Waals surface area contributed by atoms with Crippen LogP contribution in [0.2, 0.25) is 0 Å². The molecule has 0 unspecified atom stereocenters. The largest absolute Gasteiger partial charge is 0.351 e. The van der Waals surface area contributed by atoms with Gasteiger partial charge in [0.15, 0.2) is 0 Å². The van der Waals surface area contributed by atoms with E-state index < -0.39 is 11.9 Å². The summed E-state index contributed by atoms with van der Waals surface area (Å²) in [4.78, 5) is 29.5. The van der Waals surface area contributed by atoms with Crippen LogP contribution in [-0.2, 0) is 16.0 Å². The fraction of sp³-hybridized carbons (Fsp3) is 0.308. The lowest BCUT2D eigenvalue weighted by Crippen LogP contribution is -2.46. The van der Waals surface area contributed by atoms with Gasteiger partial charge in [0.2, 0.25) is 11.8 Å². The van der Waals surface area contributed by atoms with Crippen molar-refractivity contribution in [2.75, 3.05) is 4.90 Å². The molecule has 1 heterocycles. The van der Waals surface area contributed by atoms with E-state index in [4.69, 9.17) is 0 Å². The second kappa shape index (κ2) is 10.1. The van der Waals surface area contributed by atoms with E-state index in [2.05, 4.69) is 5.32 Å².